The highest BCUT2D eigenvalue weighted by molar-refractivity contribution is 14.1. The Balaban J connectivity index is 2.05. The minimum Gasteiger partial charge on any atom is -0.379 e. The van der Waals surface area contributed by atoms with Crippen molar-refractivity contribution in [3.8, 4) is 0 Å². The third-order valence-electron chi connectivity index (χ3n) is 2.67. The summed E-state index contributed by atoms with van der Waals surface area (Å²) in [6.07, 6.45) is 2.01. The molecule has 17 heavy (non-hydrogen) atoms. The lowest BCUT2D eigenvalue weighted by atomic mass is 10.1. The minimum absolute atomic E-state index is 0.0362. The third-order valence-corrected chi connectivity index (χ3v) is 4.03. The molecule has 1 N–H and O–H groups in total. The predicted molar refractivity (Wildman–Crippen MR) is 78.2 cm³/mol. The van der Waals surface area contributed by atoms with E-state index in [1.54, 1.807) is 0 Å². The van der Waals surface area contributed by atoms with Crippen molar-refractivity contribution in [3.63, 3.8) is 0 Å². The maximum Gasteiger partial charge on any atom is 0.252 e. The highest BCUT2D eigenvalue weighted by Crippen LogP contribution is 2.20. The fraction of sp³-hybridized carbons (Fsp3) is 0.417. The Bertz CT molecular complexity index is 419. The summed E-state index contributed by atoms with van der Waals surface area (Å²) in [6.45, 7) is 1.42. The van der Waals surface area contributed by atoms with Gasteiger partial charge in [-0.05, 0) is 69.6 Å². The first-order valence-corrected chi connectivity index (χ1v) is 7.37. The van der Waals surface area contributed by atoms with E-state index in [1.807, 2.05) is 18.2 Å². The molecule has 3 nitrogen and oxygen atoms in total. The number of nitrogens with one attached hydrogen (secondary N) is 1. The third kappa shape index (κ3) is 3.66. The Hall–Kier alpha value is -0.140. The molecule has 1 aromatic carbocycles. The molecule has 1 atom stereocenters. The lowest BCUT2D eigenvalue weighted by molar-refractivity contribution is 0.0624. The van der Waals surface area contributed by atoms with E-state index in [4.69, 9.17) is 4.74 Å². The molecule has 92 valence electrons. The molecule has 1 aliphatic heterocycles. The summed E-state index contributed by atoms with van der Waals surface area (Å²) < 4.78 is 7.22. The SMILES string of the molecule is O=C(NC1CCCOC1)c1cc(I)ccc1Br. The zero-order valence-corrected chi connectivity index (χ0v) is 13.0. The van der Waals surface area contributed by atoms with Gasteiger partial charge in [-0.3, -0.25) is 4.79 Å². The van der Waals surface area contributed by atoms with Gasteiger partial charge in [-0.15, -0.1) is 0 Å². The van der Waals surface area contributed by atoms with Gasteiger partial charge in [-0.2, -0.15) is 0 Å². The van der Waals surface area contributed by atoms with E-state index in [9.17, 15) is 4.79 Å². The van der Waals surface area contributed by atoms with Crippen molar-refractivity contribution in [1.29, 1.82) is 0 Å². The first kappa shape index (κ1) is 13.3. The highest BCUT2D eigenvalue weighted by atomic mass is 127. The van der Waals surface area contributed by atoms with Gasteiger partial charge in [0.1, 0.15) is 0 Å². The largest absolute Gasteiger partial charge is 0.379 e. The number of carbonyl (C=O) groups excluding carboxylic acids is 1. The molecule has 2 rings (SSSR count). The van der Waals surface area contributed by atoms with Crippen molar-refractivity contribution in [2.24, 2.45) is 0 Å². The second-order valence-electron chi connectivity index (χ2n) is 4.01. The molecule has 1 aliphatic rings. The number of carbonyl (C=O) groups is 1. The first-order chi connectivity index (χ1) is 8.16. The molecule has 1 unspecified atom stereocenters. The lowest BCUT2D eigenvalue weighted by Crippen LogP contribution is -2.40. The Morgan fingerprint density at radius 1 is 1.53 bits per heavy atom. The van der Waals surface area contributed by atoms with E-state index in [0.717, 1.165) is 27.5 Å². The molecular formula is C12H13BrINO2. The van der Waals surface area contributed by atoms with Gasteiger partial charge >= 0.3 is 0 Å². The number of hydrogen-bond donors (Lipinski definition) is 1. The van der Waals surface area contributed by atoms with Gasteiger partial charge in [-0.1, -0.05) is 0 Å². The van der Waals surface area contributed by atoms with Gasteiger partial charge in [0, 0.05) is 14.6 Å². The van der Waals surface area contributed by atoms with Crippen LogP contribution in [0.25, 0.3) is 0 Å². The van der Waals surface area contributed by atoms with E-state index in [0.29, 0.717) is 12.2 Å². The molecule has 0 saturated carbocycles. The number of hydrogen-bond acceptors (Lipinski definition) is 2. The molecule has 0 bridgehead atoms. The van der Waals surface area contributed by atoms with E-state index in [2.05, 4.69) is 43.8 Å². The Kier molecular flexibility index (Phi) is 4.81. The molecule has 0 aliphatic carbocycles. The smallest absolute Gasteiger partial charge is 0.252 e. The maximum absolute atomic E-state index is 12.1. The number of rotatable bonds is 2. The molecule has 1 aromatic rings. The van der Waals surface area contributed by atoms with Crippen LogP contribution < -0.4 is 5.32 Å². The number of amides is 1. The van der Waals surface area contributed by atoms with Crippen LogP contribution >= 0.6 is 38.5 Å². The van der Waals surface area contributed by atoms with Gasteiger partial charge in [-0.25, -0.2) is 0 Å². The van der Waals surface area contributed by atoms with Crippen molar-refractivity contribution in [3.05, 3.63) is 31.8 Å². The van der Waals surface area contributed by atoms with E-state index >= 15 is 0 Å². The molecule has 1 fully saturated rings. The van der Waals surface area contributed by atoms with Gasteiger partial charge in [0.25, 0.3) is 5.91 Å². The van der Waals surface area contributed by atoms with Crippen LogP contribution in [0.15, 0.2) is 22.7 Å². The summed E-state index contributed by atoms with van der Waals surface area (Å²) in [5.74, 6) is -0.0362. The summed E-state index contributed by atoms with van der Waals surface area (Å²) >= 11 is 5.60. The Morgan fingerprint density at radius 2 is 2.35 bits per heavy atom. The molecule has 1 amide bonds. The summed E-state index contributed by atoms with van der Waals surface area (Å²) in [7, 11) is 0. The molecular weight excluding hydrogens is 397 g/mol. The normalized spacial score (nSPS) is 20.0. The molecule has 1 heterocycles. The second kappa shape index (κ2) is 6.15. The van der Waals surface area contributed by atoms with Crippen LogP contribution in [0.5, 0.6) is 0 Å². The zero-order chi connectivity index (χ0) is 12.3. The maximum atomic E-state index is 12.1. The van der Waals surface area contributed by atoms with Crippen molar-refractivity contribution in [2.45, 2.75) is 18.9 Å². The molecule has 0 spiro atoms. The lowest BCUT2D eigenvalue weighted by Gasteiger charge is -2.23. The fourth-order valence-corrected chi connectivity index (χ4v) is 2.71. The van der Waals surface area contributed by atoms with Gasteiger partial charge in [0.05, 0.1) is 18.2 Å². The predicted octanol–water partition coefficient (Wildman–Crippen LogP) is 2.96. The van der Waals surface area contributed by atoms with E-state index < -0.39 is 0 Å². The number of ether oxygens (including phenoxy) is 1. The topological polar surface area (TPSA) is 38.3 Å². The minimum atomic E-state index is -0.0362. The zero-order valence-electron chi connectivity index (χ0n) is 9.21. The number of benzene rings is 1. The Labute approximate surface area is 123 Å². The monoisotopic (exact) mass is 409 g/mol. The molecule has 0 radical (unpaired) electrons. The molecule has 1 saturated heterocycles. The van der Waals surface area contributed by atoms with Crippen LogP contribution in [0.2, 0.25) is 0 Å². The standard InChI is InChI=1S/C12H13BrINO2/c13-11-4-3-8(14)6-10(11)12(16)15-9-2-1-5-17-7-9/h3-4,6,9H,1-2,5,7H2,(H,15,16). The van der Waals surface area contributed by atoms with Crippen LogP contribution in [-0.4, -0.2) is 25.2 Å². The van der Waals surface area contributed by atoms with Crippen LogP contribution in [-0.2, 0) is 4.74 Å². The number of halogens is 2. The van der Waals surface area contributed by atoms with Gasteiger partial charge in [0.2, 0.25) is 0 Å². The van der Waals surface area contributed by atoms with Crippen molar-refractivity contribution in [2.75, 3.05) is 13.2 Å². The van der Waals surface area contributed by atoms with Crippen molar-refractivity contribution < 1.29 is 9.53 Å². The average Bonchev–Trinajstić information content (AvgIpc) is 2.33. The fourth-order valence-electron chi connectivity index (χ4n) is 1.79. The Morgan fingerprint density at radius 3 is 3.06 bits per heavy atom. The summed E-state index contributed by atoms with van der Waals surface area (Å²) in [6, 6.07) is 5.88. The highest BCUT2D eigenvalue weighted by Gasteiger charge is 2.18. The first-order valence-electron chi connectivity index (χ1n) is 5.50. The molecule has 0 aromatic heterocycles. The van der Waals surface area contributed by atoms with Gasteiger partial charge < -0.3 is 10.1 Å². The van der Waals surface area contributed by atoms with Crippen LogP contribution in [0.4, 0.5) is 0 Å². The van der Waals surface area contributed by atoms with E-state index in [1.165, 1.54) is 0 Å². The van der Waals surface area contributed by atoms with Crippen molar-refractivity contribution in [1.82, 2.24) is 5.32 Å². The van der Waals surface area contributed by atoms with Crippen molar-refractivity contribution >= 4 is 44.4 Å². The average molecular weight is 410 g/mol. The summed E-state index contributed by atoms with van der Waals surface area (Å²) in [5.41, 5.74) is 0.683. The van der Waals surface area contributed by atoms with Crippen LogP contribution in [0.1, 0.15) is 23.2 Å². The second-order valence-corrected chi connectivity index (χ2v) is 6.11. The summed E-state index contributed by atoms with van der Waals surface area (Å²) in [4.78, 5) is 12.1. The van der Waals surface area contributed by atoms with Crippen LogP contribution in [0, 0.1) is 3.57 Å². The van der Waals surface area contributed by atoms with Crippen LogP contribution in [0.3, 0.4) is 0 Å². The van der Waals surface area contributed by atoms with E-state index in [-0.39, 0.29) is 11.9 Å². The quantitative estimate of drug-likeness (QED) is 0.762. The molecule has 5 heteroatoms. The summed E-state index contributed by atoms with van der Waals surface area (Å²) in [5, 5.41) is 3.01. The van der Waals surface area contributed by atoms with Gasteiger partial charge in [0.15, 0.2) is 0 Å².